The van der Waals surface area contributed by atoms with Crippen molar-refractivity contribution in [2.24, 2.45) is 5.73 Å². The Morgan fingerprint density at radius 1 is 1.30 bits per heavy atom. The molecule has 10 heavy (non-hydrogen) atoms. The summed E-state index contributed by atoms with van der Waals surface area (Å²) in [6, 6.07) is 0. The van der Waals surface area contributed by atoms with Crippen molar-refractivity contribution in [1.82, 2.24) is 0 Å². The zero-order chi connectivity index (χ0) is 7.82. The SMILES string of the molecule is NCC(O)CCCCCBr. The number of alkyl halides is 1. The summed E-state index contributed by atoms with van der Waals surface area (Å²) in [4.78, 5) is 0. The summed E-state index contributed by atoms with van der Waals surface area (Å²) in [7, 11) is 0. The lowest BCUT2D eigenvalue weighted by Crippen LogP contribution is -2.19. The molecule has 0 saturated heterocycles. The number of nitrogens with two attached hydrogens (primary N) is 1. The average molecular weight is 210 g/mol. The van der Waals surface area contributed by atoms with Crippen LogP contribution in [-0.4, -0.2) is 23.1 Å². The molecular formula is C7H16BrNO. The molecule has 0 amide bonds. The summed E-state index contributed by atoms with van der Waals surface area (Å²) in [5, 5.41) is 10.1. The van der Waals surface area contributed by atoms with Gasteiger partial charge in [0.25, 0.3) is 0 Å². The van der Waals surface area contributed by atoms with Gasteiger partial charge >= 0.3 is 0 Å². The highest BCUT2D eigenvalue weighted by atomic mass is 79.9. The van der Waals surface area contributed by atoms with E-state index in [-0.39, 0.29) is 6.10 Å². The fourth-order valence-corrected chi connectivity index (χ4v) is 1.17. The quantitative estimate of drug-likeness (QED) is 0.512. The summed E-state index contributed by atoms with van der Waals surface area (Å²) in [6.07, 6.45) is 4.03. The molecule has 0 aliphatic rings. The fraction of sp³-hybridized carbons (Fsp3) is 1.00. The lowest BCUT2D eigenvalue weighted by molar-refractivity contribution is 0.169. The molecule has 0 rings (SSSR count). The largest absolute Gasteiger partial charge is 0.392 e. The Labute approximate surface area is 70.9 Å². The lowest BCUT2D eigenvalue weighted by Gasteiger charge is -2.05. The number of hydrogen-bond acceptors (Lipinski definition) is 2. The van der Waals surface area contributed by atoms with Gasteiger partial charge in [-0.3, -0.25) is 0 Å². The maximum Gasteiger partial charge on any atom is 0.0662 e. The molecule has 0 aromatic carbocycles. The number of aliphatic hydroxyl groups excluding tert-OH is 1. The predicted octanol–water partition coefficient (Wildman–Crippen LogP) is 1.26. The Kier molecular flexibility index (Phi) is 7.81. The van der Waals surface area contributed by atoms with Crippen LogP contribution in [0.25, 0.3) is 0 Å². The van der Waals surface area contributed by atoms with Gasteiger partial charge in [-0.25, -0.2) is 0 Å². The van der Waals surface area contributed by atoms with Gasteiger partial charge in [0.2, 0.25) is 0 Å². The van der Waals surface area contributed by atoms with Crippen molar-refractivity contribution in [3.63, 3.8) is 0 Å². The van der Waals surface area contributed by atoms with Gasteiger partial charge in [-0.1, -0.05) is 28.8 Å². The molecule has 0 saturated carbocycles. The number of unbranched alkanes of at least 4 members (excludes halogenated alkanes) is 2. The lowest BCUT2D eigenvalue weighted by atomic mass is 10.1. The zero-order valence-corrected chi connectivity index (χ0v) is 7.81. The van der Waals surface area contributed by atoms with Crippen LogP contribution < -0.4 is 5.73 Å². The average Bonchev–Trinajstić information content (AvgIpc) is 1.98. The first-order valence-corrected chi connectivity index (χ1v) is 4.87. The summed E-state index contributed by atoms with van der Waals surface area (Å²) in [5.74, 6) is 0. The molecule has 1 unspecified atom stereocenters. The molecule has 3 N–H and O–H groups in total. The van der Waals surface area contributed by atoms with Crippen LogP contribution in [0.5, 0.6) is 0 Å². The molecule has 0 fully saturated rings. The van der Waals surface area contributed by atoms with Crippen LogP contribution in [0, 0.1) is 0 Å². The van der Waals surface area contributed by atoms with Gasteiger partial charge in [-0.05, 0) is 12.8 Å². The third-order valence-electron chi connectivity index (χ3n) is 1.44. The molecule has 3 heteroatoms. The molecule has 1 atom stereocenters. The van der Waals surface area contributed by atoms with Crippen molar-refractivity contribution < 1.29 is 5.11 Å². The summed E-state index contributed by atoms with van der Waals surface area (Å²) < 4.78 is 0. The Morgan fingerprint density at radius 3 is 2.50 bits per heavy atom. The van der Waals surface area contributed by atoms with Crippen molar-refractivity contribution in [1.29, 1.82) is 0 Å². The third-order valence-corrected chi connectivity index (χ3v) is 2.00. The standard InChI is InChI=1S/C7H16BrNO/c8-5-3-1-2-4-7(10)6-9/h7,10H,1-6,9H2. The van der Waals surface area contributed by atoms with Crippen molar-refractivity contribution in [3.8, 4) is 0 Å². The molecule has 0 aromatic rings. The van der Waals surface area contributed by atoms with Crippen molar-refractivity contribution in [2.45, 2.75) is 31.8 Å². The van der Waals surface area contributed by atoms with Gasteiger partial charge in [0.05, 0.1) is 6.10 Å². The Balaban J connectivity index is 2.89. The third kappa shape index (κ3) is 6.52. The molecule has 2 nitrogen and oxygen atoms in total. The molecule has 0 heterocycles. The minimum atomic E-state index is -0.282. The second-order valence-corrected chi connectivity index (χ2v) is 3.22. The van der Waals surface area contributed by atoms with Crippen LogP contribution in [-0.2, 0) is 0 Å². The van der Waals surface area contributed by atoms with Gasteiger partial charge in [0.1, 0.15) is 0 Å². The van der Waals surface area contributed by atoms with Crippen LogP contribution in [0.1, 0.15) is 25.7 Å². The van der Waals surface area contributed by atoms with Gasteiger partial charge in [-0.2, -0.15) is 0 Å². The van der Waals surface area contributed by atoms with E-state index in [0.29, 0.717) is 6.54 Å². The highest BCUT2D eigenvalue weighted by Crippen LogP contribution is 2.03. The molecule has 0 spiro atoms. The highest BCUT2D eigenvalue weighted by Gasteiger charge is 1.98. The maximum atomic E-state index is 9.02. The van der Waals surface area contributed by atoms with E-state index in [9.17, 15) is 0 Å². The number of halogens is 1. The second-order valence-electron chi connectivity index (χ2n) is 2.43. The molecule has 62 valence electrons. The highest BCUT2D eigenvalue weighted by molar-refractivity contribution is 9.09. The van der Waals surface area contributed by atoms with E-state index < -0.39 is 0 Å². The van der Waals surface area contributed by atoms with Crippen LogP contribution >= 0.6 is 15.9 Å². The second kappa shape index (κ2) is 7.51. The monoisotopic (exact) mass is 209 g/mol. The molecule has 0 radical (unpaired) electrons. The Bertz CT molecular complexity index is 70.6. The minimum absolute atomic E-state index is 0.282. The van der Waals surface area contributed by atoms with E-state index in [2.05, 4.69) is 15.9 Å². The van der Waals surface area contributed by atoms with Crippen LogP contribution in [0.15, 0.2) is 0 Å². The van der Waals surface area contributed by atoms with E-state index in [0.717, 1.165) is 18.2 Å². The molecule has 0 aromatic heterocycles. The number of rotatable bonds is 6. The zero-order valence-electron chi connectivity index (χ0n) is 6.22. The normalized spacial score (nSPS) is 13.5. The van der Waals surface area contributed by atoms with Crippen LogP contribution in [0.4, 0.5) is 0 Å². The molecule has 0 bridgehead atoms. The van der Waals surface area contributed by atoms with E-state index in [1.807, 2.05) is 0 Å². The van der Waals surface area contributed by atoms with E-state index in [1.54, 1.807) is 0 Å². The number of aliphatic hydroxyl groups is 1. The Hall–Kier alpha value is 0.400. The van der Waals surface area contributed by atoms with Gasteiger partial charge < -0.3 is 10.8 Å². The smallest absolute Gasteiger partial charge is 0.0662 e. The predicted molar refractivity (Wildman–Crippen MR) is 47.3 cm³/mol. The maximum absolute atomic E-state index is 9.02. The van der Waals surface area contributed by atoms with Crippen molar-refractivity contribution >= 4 is 15.9 Å². The fourth-order valence-electron chi connectivity index (χ4n) is 0.769. The number of hydrogen-bond donors (Lipinski definition) is 2. The topological polar surface area (TPSA) is 46.2 Å². The molecule has 0 aliphatic heterocycles. The first-order chi connectivity index (χ1) is 4.81. The van der Waals surface area contributed by atoms with Crippen LogP contribution in [0.3, 0.4) is 0 Å². The van der Waals surface area contributed by atoms with Gasteiger partial charge in [-0.15, -0.1) is 0 Å². The van der Waals surface area contributed by atoms with Crippen molar-refractivity contribution in [3.05, 3.63) is 0 Å². The summed E-state index contributed by atoms with van der Waals surface area (Å²) in [6.45, 7) is 0.397. The molecule has 0 aliphatic carbocycles. The van der Waals surface area contributed by atoms with Crippen molar-refractivity contribution in [2.75, 3.05) is 11.9 Å². The summed E-state index contributed by atoms with van der Waals surface area (Å²) >= 11 is 3.35. The van der Waals surface area contributed by atoms with E-state index in [4.69, 9.17) is 10.8 Å². The van der Waals surface area contributed by atoms with Crippen LogP contribution in [0.2, 0.25) is 0 Å². The first kappa shape index (κ1) is 10.4. The first-order valence-electron chi connectivity index (χ1n) is 3.75. The minimum Gasteiger partial charge on any atom is -0.392 e. The summed E-state index contributed by atoms with van der Waals surface area (Å²) in [5.41, 5.74) is 5.23. The van der Waals surface area contributed by atoms with Gasteiger partial charge in [0, 0.05) is 11.9 Å². The Morgan fingerprint density at radius 2 is 2.00 bits per heavy atom. The van der Waals surface area contributed by atoms with E-state index >= 15 is 0 Å². The molecular weight excluding hydrogens is 194 g/mol. The van der Waals surface area contributed by atoms with Gasteiger partial charge in [0.15, 0.2) is 0 Å². The van der Waals surface area contributed by atoms with E-state index in [1.165, 1.54) is 12.8 Å².